The standard InChI is InChI=1S/C26H33N5O3/c1-17(2)26(32)30-23-14-20-22(15-24(23)34-12-9-31-7-10-33-11-8-31)27-16-28-25(20)29-21-6-5-18(3)13-19(21)4/h5-6,13-17H,7-12H2,1-4H3,(H,30,32)(H,27,28,29). The second kappa shape index (κ2) is 10.8. The SMILES string of the molecule is Cc1ccc(Nc2ncnc3cc(OCCN4CCOCC4)c(NC(=O)C(C)C)cc23)c(C)c1. The number of nitrogens with zero attached hydrogens (tertiary/aromatic N) is 3. The van der Waals surface area contributed by atoms with Crippen LogP contribution in [-0.4, -0.2) is 60.2 Å². The molecule has 1 saturated heterocycles. The Morgan fingerprint density at radius 1 is 1.12 bits per heavy atom. The van der Waals surface area contributed by atoms with Crippen molar-refractivity contribution in [2.24, 2.45) is 5.92 Å². The lowest BCUT2D eigenvalue weighted by atomic mass is 10.1. The number of ether oxygens (including phenoxy) is 2. The minimum absolute atomic E-state index is 0.0712. The molecule has 2 aromatic carbocycles. The molecule has 0 saturated carbocycles. The first kappa shape index (κ1) is 23.9. The van der Waals surface area contributed by atoms with E-state index in [0.29, 0.717) is 23.9 Å². The third-order valence-corrected chi connectivity index (χ3v) is 5.92. The fourth-order valence-electron chi connectivity index (χ4n) is 3.87. The Bertz CT molecular complexity index is 1160. The Labute approximate surface area is 200 Å². The first-order chi connectivity index (χ1) is 16.4. The quantitative estimate of drug-likeness (QED) is 0.515. The molecule has 0 atom stereocenters. The number of carbonyl (C=O) groups excluding carboxylic acids is 1. The number of nitrogens with one attached hydrogen (secondary N) is 2. The molecule has 3 aromatic rings. The van der Waals surface area contributed by atoms with E-state index in [1.54, 1.807) is 0 Å². The number of anilines is 3. The van der Waals surface area contributed by atoms with E-state index in [2.05, 4.69) is 51.5 Å². The molecule has 2 N–H and O–H groups in total. The highest BCUT2D eigenvalue weighted by molar-refractivity contribution is 6.00. The van der Waals surface area contributed by atoms with Gasteiger partial charge in [0.2, 0.25) is 5.91 Å². The number of fused-ring (bicyclic) bond motifs is 1. The van der Waals surface area contributed by atoms with Crippen LogP contribution in [0.25, 0.3) is 10.9 Å². The van der Waals surface area contributed by atoms with Gasteiger partial charge < -0.3 is 20.1 Å². The lowest BCUT2D eigenvalue weighted by molar-refractivity contribution is -0.118. The van der Waals surface area contributed by atoms with Crippen LogP contribution in [0, 0.1) is 19.8 Å². The van der Waals surface area contributed by atoms with E-state index in [0.717, 1.165) is 55.0 Å². The number of aromatic nitrogens is 2. The van der Waals surface area contributed by atoms with Crippen LogP contribution in [0.4, 0.5) is 17.2 Å². The normalized spacial score (nSPS) is 14.4. The average Bonchev–Trinajstić information content (AvgIpc) is 2.82. The summed E-state index contributed by atoms with van der Waals surface area (Å²) in [4.78, 5) is 23.8. The molecule has 1 aromatic heterocycles. The topological polar surface area (TPSA) is 88.6 Å². The molecule has 1 aliphatic heterocycles. The van der Waals surface area contributed by atoms with Crippen molar-refractivity contribution >= 4 is 34.0 Å². The minimum atomic E-state index is -0.156. The predicted octanol–water partition coefficient (Wildman–Crippen LogP) is 4.30. The summed E-state index contributed by atoms with van der Waals surface area (Å²) in [6.07, 6.45) is 1.54. The second-order valence-electron chi connectivity index (χ2n) is 8.98. The van der Waals surface area contributed by atoms with Gasteiger partial charge in [0.1, 0.15) is 24.5 Å². The van der Waals surface area contributed by atoms with Gasteiger partial charge in [0.25, 0.3) is 0 Å². The number of hydrogen-bond acceptors (Lipinski definition) is 7. The number of aryl methyl sites for hydroxylation is 2. The molecule has 1 fully saturated rings. The van der Waals surface area contributed by atoms with Crippen LogP contribution < -0.4 is 15.4 Å². The maximum atomic E-state index is 12.5. The van der Waals surface area contributed by atoms with Gasteiger partial charge in [-0.25, -0.2) is 9.97 Å². The van der Waals surface area contributed by atoms with E-state index in [4.69, 9.17) is 9.47 Å². The summed E-state index contributed by atoms with van der Waals surface area (Å²) in [6.45, 7) is 12.5. The van der Waals surface area contributed by atoms with Gasteiger partial charge in [0.15, 0.2) is 0 Å². The molecule has 0 spiro atoms. The molecule has 1 amide bonds. The molecule has 2 heterocycles. The number of morpholine rings is 1. The van der Waals surface area contributed by atoms with Crippen molar-refractivity contribution in [3.8, 4) is 5.75 Å². The summed E-state index contributed by atoms with van der Waals surface area (Å²) in [5.41, 5.74) is 4.67. The Kier molecular flexibility index (Phi) is 7.59. The molecular weight excluding hydrogens is 430 g/mol. The molecule has 0 unspecified atom stereocenters. The van der Waals surface area contributed by atoms with Gasteiger partial charge in [0.05, 0.1) is 24.4 Å². The summed E-state index contributed by atoms with van der Waals surface area (Å²) in [5.74, 6) is 1.05. The average molecular weight is 464 g/mol. The van der Waals surface area contributed by atoms with Crippen LogP contribution in [0.3, 0.4) is 0 Å². The fraction of sp³-hybridized carbons (Fsp3) is 0.423. The van der Waals surface area contributed by atoms with Gasteiger partial charge in [-0.05, 0) is 31.5 Å². The smallest absolute Gasteiger partial charge is 0.227 e. The van der Waals surface area contributed by atoms with Crippen molar-refractivity contribution in [2.45, 2.75) is 27.7 Å². The molecule has 34 heavy (non-hydrogen) atoms. The molecule has 0 radical (unpaired) electrons. The Morgan fingerprint density at radius 3 is 2.65 bits per heavy atom. The molecule has 0 bridgehead atoms. The van der Waals surface area contributed by atoms with Crippen LogP contribution >= 0.6 is 0 Å². The molecule has 180 valence electrons. The van der Waals surface area contributed by atoms with Crippen molar-refractivity contribution < 1.29 is 14.3 Å². The number of amides is 1. The van der Waals surface area contributed by atoms with Crippen molar-refractivity contribution in [3.05, 3.63) is 47.8 Å². The van der Waals surface area contributed by atoms with Gasteiger partial charge in [-0.2, -0.15) is 0 Å². The zero-order valence-electron chi connectivity index (χ0n) is 20.4. The largest absolute Gasteiger partial charge is 0.490 e. The Balaban J connectivity index is 1.63. The van der Waals surface area contributed by atoms with E-state index in [1.165, 1.54) is 11.9 Å². The molecule has 1 aliphatic rings. The molecule has 8 nitrogen and oxygen atoms in total. The lowest BCUT2D eigenvalue weighted by Crippen LogP contribution is -2.38. The number of hydrogen-bond donors (Lipinski definition) is 2. The molecule has 4 rings (SSSR count). The van der Waals surface area contributed by atoms with Crippen LogP contribution in [-0.2, 0) is 9.53 Å². The monoisotopic (exact) mass is 463 g/mol. The highest BCUT2D eigenvalue weighted by Gasteiger charge is 2.16. The summed E-state index contributed by atoms with van der Waals surface area (Å²) >= 11 is 0. The van der Waals surface area contributed by atoms with Crippen molar-refractivity contribution in [3.63, 3.8) is 0 Å². The highest BCUT2D eigenvalue weighted by Crippen LogP contribution is 2.34. The zero-order valence-corrected chi connectivity index (χ0v) is 20.4. The zero-order chi connectivity index (χ0) is 24.1. The summed E-state index contributed by atoms with van der Waals surface area (Å²) < 4.78 is 11.6. The van der Waals surface area contributed by atoms with Gasteiger partial charge in [0, 0.05) is 42.7 Å². The van der Waals surface area contributed by atoms with E-state index in [9.17, 15) is 4.79 Å². The highest BCUT2D eigenvalue weighted by atomic mass is 16.5. The van der Waals surface area contributed by atoms with Crippen molar-refractivity contribution in [1.29, 1.82) is 0 Å². The number of benzene rings is 2. The summed E-state index contributed by atoms with van der Waals surface area (Å²) in [6, 6.07) is 10.0. The molecule has 8 heteroatoms. The van der Waals surface area contributed by atoms with Gasteiger partial charge in [-0.1, -0.05) is 31.5 Å². The number of carbonyl (C=O) groups is 1. The van der Waals surface area contributed by atoms with Crippen LogP contribution in [0.15, 0.2) is 36.7 Å². The first-order valence-corrected chi connectivity index (χ1v) is 11.8. The lowest BCUT2D eigenvalue weighted by Gasteiger charge is -2.26. The van der Waals surface area contributed by atoms with Gasteiger partial charge in [-0.3, -0.25) is 9.69 Å². The fourth-order valence-corrected chi connectivity index (χ4v) is 3.87. The maximum Gasteiger partial charge on any atom is 0.227 e. The first-order valence-electron chi connectivity index (χ1n) is 11.8. The van der Waals surface area contributed by atoms with E-state index in [1.807, 2.05) is 32.0 Å². The van der Waals surface area contributed by atoms with Crippen molar-refractivity contribution in [2.75, 3.05) is 50.1 Å². The number of rotatable bonds is 8. The second-order valence-corrected chi connectivity index (χ2v) is 8.98. The summed E-state index contributed by atoms with van der Waals surface area (Å²) in [5, 5.41) is 7.26. The van der Waals surface area contributed by atoms with E-state index >= 15 is 0 Å². The van der Waals surface area contributed by atoms with Gasteiger partial charge >= 0.3 is 0 Å². The van der Waals surface area contributed by atoms with E-state index in [-0.39, 0.29) is 11.8 Å². The third kappa shape index (κ3) is 5.81. The van der Waals surface area contributed by atoms with Gasteiger partial charge in [-0.15, -0.1) is 0 Å². The maximum absolute atomic E-state index is 12.5. The molecule has 0 aliphatic carbocycles. The van der Waals surface area contributed by atoms with Crippen LogP contribution in [0.5, 0.6) is 5.75 Å². The summed E-state index contributed by atoms with van der Waals surface area (Å²) in [7, 11) is 0. The van der Waals surface area contributed by atoms with E-state index < -0.39 is 0 Å². The van der Waals surface area contributed by atoms with Crippen LogP contribution in [0.2, 0.25) is 0 Å². The van der Waals surface area contributed by atoms with Crippen LogP contribution in [0.1, 0.15) is 25.0 Å². The Morgan fingerprint density at radius 2 is 1.91 bits per heavy atom. The molecular formula is C26H33N5O3. The Hall–Kier alpha value is -3.23. The minimum Gasteiger partial charge on any atom is -0.490 e. The van der Waals surface area contributed by atoms with Crippen molar-refractivity contribution in [1.82, 2.24) is 14.9 Å². The third-order valence-electron chi connectivity index (χ3n) is 5.92. The predicted molar refractivity (Wildman–Crippen MR) is 135 cm³/mol.